The molecule has 4 heteroatoms. The Bertz CT molecular complexity index is 461. The van der Waals surface area contributed by atoms with Gasteiger partial charge in [0.15, 0.2) is 0 Å². The molecule has 1 aromatic carbocycles. The Morgan fingerprint density at radius 2 is 1.76 bits per heavy atom. The summed E-state index contributed by atoms with van der Waals surface area (Å²) in [7, 11) is 1.63. The molecule has 0 spiro atoms. The SMILES string of the molecule is COC1(C(=O)Nc2ccc(OC(C)C)cc2)CCCCC1. The van der Waals surface area contributed by atoms with Crippen molar-refractivity contribution < 1.29 is 14.3 Å². The van der Waals surface area contributed by atoms with Crippen LogP contribution in [0.4, 0.5) is 5.69 Å². The standard InChI is InChI=1S/C17H25NO3/c1-13(2)21-15-9-7-14(8-10-15)18-16(19)17(20-3)11-5-4-6-12-17/h7-10,13H,4-6,11-12H2,1-3H3,(H,18,19). The fourth-order valence-corrected chi connectivity index (χ4v) is 2.78. The summed E-state index contributed by atoms with van der Waals surface area (Å²) < 4.78 is 11.1. The van der Waals surface area contributed by atoms with E-state index < -0.39 is 5.60 Å². The van der Waals surface area contributed by atoms with Crippen molar-refractivity contribution in [1.29, 1.82) is 0 Å². The Morgan fingerprint density at radius 3 is 2.29 bits per heavy atom. The van der Waals surface area contributed by atoms with Crippen molar-refractivity contribution in [1.82, 2.24) is 0 Å². The maximum Gasteiger partial charge on any atom is 0.256 e. The van der Waals surface area contributed by atoms with Gasteiger partial charge in [-0.25, -0.2) is 0 Å². The van der Waals surface area contributed by atoms with E-state index in [1.54, 1.807) is 7.11 Å². The van der Waals surface area contributed by atoms with Crippen molar-refractivity contribution in [2.75, 3.05) is 12.4 Å². The third-order valence-corrected chi connectivity index (χ3v) is 3.95. The predicted octanol–water partition coefficient (Wildman–Crippen LogP) is 3.76. The second-order valence-electron chi connectivity index (χ2n) is 5.90. The molecule has 0 bridgehead atoms. The van der Waals surface area contributed by atoms with Crippen molar-refractivity contribution in [3.8, 4) is 5.75 Å². The van der Waals surface area contributed by atoms with Gasteiger partial charge in [0.2, 0.25) is 0 Å². The summed E-state index contributed by atoms with van der Waals surface area (Å²) in [5.41, 5.74) is 0.115. The zero-order valence-corrected chi connectivity index (χ0v) is 13.1. The van der Waals surface area contributed by atoms with Gasteiger partial charge >= 0.3 is 0 Å². The smallest absolute Gasteiger partial charge is 0.256 e. The summed E-state index contributed by atoms with van der Waals surface area (Å²) in [5, 5.41) is 2.96. The van der Waals surface area contributed by atoms with Crippen LogP contribution in [0.1, 0.15) is 46.0 Å². The molecular weight excluding hydrogens is 266 g/mol. The van der Waals surface area contributed by atoms with E-state index in [1.165, 1.54) is 6.42 Å². The molecule has 1 aliphatic rings. The normalized spacial score (nSPS) is 17.5. The molecule has 116 valence electrons. The largest absolute Gasteiger partial charge is 0.491 e. The van der Waals surface area contributed by atoms with Crippen molar-refractivity contribution in [2.24, 2.45) is 0 Å². The summed E-state index contributed by atoms with van der Waals surface area (Å²) in [6.45, 7) is 3.97. The van der Waals surface area contributed by atoms with Crippen LogP contribution in [0.15, 0.2) is 24.3 Å². The molecule has 1 saturated carbocycles. The predicted molar refractivity (Wildman–Crippen MR) is 83.7 cm³/mol. The van der Waals surface area contributed by atoms with Crippen molar-refractivity contribution >= 4 is 11.6 Å². The Hall–Kier alpha value is -1.55. The highest BCUT2D eigenvalue weighted by molar-refractivity contribution is 5.97. The molecule has 4 nitrogen and oxygen atoms in total. The fourth-order valence-electron chi connectivity index (χ4n) is 2.78. The van der Waals surface area contributed by atoms with Crippen LogP contribution in [0, 0.1) is 0 Å². The van der Waals surface area contributed by atoms with Gasteiger partial charge in [0.1, 0.15) is 11.4 Å². The van der Waals surface area contributed by atoms with E-state index >= 15 is 0 Å². The van der Waals surface area contributed by atoms with Gasteiger partial charge in [0, 0.05) is 12.8 Å². The van der Waals surface area contributed by atoms with E-state index in [4.69, 9.17) is 9.47 Å². The first-order valence-corrected chi connectivity index (χ1v) is 7.69. The molecule has 0 saturated heterocycles. The molecule has 2 rings (SSSR count). The summed E-state index contributed by atoms with van der Waals surface area (Å²) in [6.07, 6.45) is 5.00. The molecule has 1 aliphatic carbocycles. The van der Waals surface area contributed by atoms with E-state index in [1.807, 2.05) is 38.1 Å². The van der Waals surface area contributed by atoms with Crippen LogP contribution in [0.5, 0.6) is 5.75 Å². The first-order chi connectivity index (χ1) is 10.1. The molecule has 1 N–H and O–H groups in total. The number of amides is 1. The summed E-state index contributed by atoms with van der Waals surface area (Å²) in [5.74, 6) is 0.768. The number of carbonyl (C=O) groups is 1. The number of rotatable bonds is 5. The minimum absolute atomic E-state index is 0.0396. The van der Waals surface area contributed by atoms with Crippen LogP contribution >= 0.6 is 0 Å². The molecule has 0 heterocycles. The maximum absolute atomic E-state index is 12.5. The zero-order valence-electron chi connectivity index (χ0n) is 13.1. The summed E-state index contributed by atoms with van der Waals surface area (Å²) in [4.78, 5) is 12.5. The van der Waals surface area contributed by atoms with E-state index in [2.05, 4.69) is 5.32 Å². The number of ether oxygens (including phenoxy) is 2. The molecule has 0 radical (unpaired) electrons. The van der Waals surface area contributed by atoms with Crippen molar-refractivity contribution in [3.63, 3.8) is 0 Å². The van der Waals surface area contributed by atoms with E-state index in [0.717, 1.165) is 37.1 Å². The first-order valence-electron chi connectivity index (χ1n) is 7.69. The van der Waals surface area contributed by atoms with Gasteiger partial charge < -0.3 is 14.8 Å². The monoisotopic (exact) mass is 291 g/mol. The number of nitrogens with one attached hydrogen (secondary N) is 1. The second-order valence-corrected chi connectivity index (χ2v) is 5.90. The van der Waals surface area contributed by atoms with Crippen LogP contribution in [0.25, 0.3) is 0 Å². The number of methoxy groups -OCH3 is 1. The average Bonchev–Trinajstić information content (AvgIpc) is 2.49. The molecule has 1 fully saturated rings. The number of benzene rings is 1. The van der Waals surface area contributed by atoms with Crippen LogP contribution in [0.3, 0.4) is 0 Å². The van der Waals surface area contributed by atoms with Crippen molar-refractivity contribution in [3.05, 3.63) is 24.3 Å². The maximum atomic E-state index is 12.5. The van der Waals surface area contributed by atoms with Gasteiger partial charge in [0.05, 0.1) is 6.10 Å². The van der Waals surface area contributed by atoms with Crippen molar-refractivity contribution in [2.45, 2.75) is 57.7 Å². The van der Waals surface area contributed by atoms with Gasteiger partial charge in [0.25, 0.3) is 5.91 Å². The van der Waals surface area contributed by atoms with E-state index in [9.17, 15) is 4.79 Å². The van der Waals surface area contributed by atoms with Gasteiger partial charge in [-0.05, 0) is 51.0 Å². The highest BCUT2D eigenvalue weighted by Crippen LogP contribution is 2.32. The fraction of sp³-hybridized carbons (Fsp3) is 0.588. The number of hydrogen-bond donors (Lipinski definition) is 1. The lowest BCUT2D eigenvalue weighted by Gasteiger charge is -2.34. The van der Waals surface area contributed by atoms with Gasteiger partial charge in [-0.2, -0.15) is 0 Å². The van der Waals surface area contributed by atoms with Gasteiger partial charge in [-0.15, -0.1) is 0 Å². The molecule has 0 aromatic heterocycles. The number of anilines is 1. The van der Waals surface area contributed by atoms with Crippen LogP contribution in [0.2, 0.25) is 0 Å². The zero-order chi connectivity index (χ0) is 15.3. The Balaban J connectivity index is 2.01. The van der Waals surface area contributed by atoms with Crippen LogP contribution in [-0.2, 0) is 9.53 Å². The topological polar surface area (TPSA) is 47.6 Å². The lowest BCUT2D eigenvalue weighted by atomic mass is 9.84. The Labute approximate surface area is 126 Å². The third kappa shape index (κ3) is 3.97. The highest BCUT2D eigenvalue weighted by atomic mass is 16.5. The molecule has 21 heavy (non-hydrogen) atoms. The molecular formula is C17H25NO3. The minimum atomic E-state index is -0.661. The third-order valence-electron chi connectivity index (χ3n) is 3.95. The molecule has 1 amide bonds. The summed E-state index contributed by atoms with van der Waals surface area (Å²) in [6, 6.07) is 7.47. The molecule has 0 unspecified atom stereocenters. The number of carbonyl (C=O) groups excluding carboxylic acids is 1. The lowest BCUT2D eigenvalue weighted by Crippen LogP contribution is -2.46. The first kappa shape index (κ1) is 15.8. The quantitative estimate of drug-likeness (QED) is 0.898. The highest BCUT2D eigenvalue weighted by Gasteiger charge is 2.39. The van der Waals surface area contributed by atoms with E-state index in [-0.39, 0.29) is 12.0 Å². The minimum Gasteiger partial charge on any atom is -0.491 e. The van der Waals surface area contributed by atoms with Gasteiger partial charge in [-0.3, -0.25) is 4.79 Å². The second kappa shape index (κ2) is 6.94. The Kier molecular flexibility index (Phi) is 5.23. The van der Waals surface area contributed by atoms with Crippen LogP contribution < -0.4 is 10.1 Å². The van der Waals surface area contributed by atoms with Crippen LogP contribution in [-0.4, -0.2) is 24.7 Å². The summed E-state index contributed by atoms with van der Waals surface area (Å²) >= 11 is 0. The molecule has 0 aliphatic heterocycles. The lowest BCUT2D eigenvalue weighted by molar-refractivity contribution is -0.141. The van der Waals surface area contributed by atoms with Gasteiger partial charge in [-0.1, -0.05) is 19.3 Å². The Morgan fingerprint density at radius 1 is 1.14 bits per heavy atom. The molecule has 0 atom stereocenters. The molecule has 1 aromatic rings. The average molecular weight is 291 g/mol. The van der Waals surface area contributed by atoms with E-state index in [0.29, 0.717) is 0 Å². The number of hydrogen-bond acceptors (Lipinski definition) is 3.